The van der Waals surface area contributed by atoms with Gasteiger partial charge in [-0.1, -0.05) is 23.7 Å². The van der Waals surface area contributed by atoms with Gasteiger partial charge in [-0.15, -0.1) is 0 Å². The Kier molecular flexibility index (Phi) is 5.76. The van der Waals surface area contributed by atoms with E-state index in [1.54, 1.807) is 13.3 Å². The maximum absolute atomic E-state index is 9.68. The first kappa shape index (κ1) is 16.0. The Bertz CT molecular complexity index is 574. The summed E-state index contributed by atoms with van der Waals surface area (Å²) in [5.74, 6) is 1.22. The second-order valence-corrected chi connectivity index (χ2v) is 5.31. The Morgan fingerprint density at radius 1 is 1.43 bits per heavy atom. The molecule has 0 spiro atoms. The van der Waals surface area contributed by atoms with Crippen molar-refractivity contribution in [3.05, 3.63) is 41.4 Å². The summed E-state index contributed by atoms with van der Waals surface area (Å²) in [7, 11) is 3.45. The molecule has 21 heavy (non-hydrogen) atoms. The van der Waals surface area contributed by atoms with Gasteiger partial charge in [0.2, 0.25) is 5.89 Å². The average Bonchev–Trinajstić information content (AvgIpc) is 2.87. The molecule has 0 radical (unpaired) electrons. The molecule has 0 aliphatic heterocycles. The zero-order chi connectivity index (χ0) is 15.2. The minimum absolute atomic E-state index is 0.306. The first-order valence-corrected chi connectivity index (χ1v) is 7.03. The molecule has 2 aromatic rings. The number of aliphatic hydroxyl groups excluding tert-OH is 1. The van der Waals surface area contributed by atoms with Crippen molar-refractivity contribution in [2.45, 2.75) is 12.6 Å². The molecule has 5 nitrogen and oxygen atoms in total. The highest BCUT2D eigenvalue weighted by molar-refractivity contribution is 6.33. The molecule has 0 aliphatic rings. The SMILES string of the molecule is COCC(O)CN(C)Cc1ncc(-c2ccccc2Cl)o1. The van der Waals surface area contributed by atoms with Crippen molar-refractivity contribution in [1.29, 1.82) is 0 Å². The van der Waals surface area contributed by atoms with Crippen molar-refractivity contribution in [2.24, 2.45) is 0 Å². The van der Waals surface area contributed by atoms with E-state index >= 15 is 0 Å². The van der Waals surface area contributed by atoms with Crippen LogP contribution in [0, 0.1) is 0 Å². The molecule has 0 saturated heterocycles. The van der Waals surface area contributed by atoms with Crippen molar-refractivity contribution in [1.82, 2.24) is 9.88 Å². The van der Waals surface area contributed by atoms with Gasteiger partial charge in [-0.2, -0.15) is 0 Å². The fourth-order valence-electron chi connectivity index (χ4n) is 2.07. The minimum atomic E-state index is -0.530. The number of aromatic nitrogens is 1. The molecular weight excluding hydrogens is 292 g/mol. The molecule has 1 unspecified atom stereocenters. The summed E-state index contributed by atoms with van der Waals surface area (Å²) in [6, 6.07) is 7.47. The predicted molar refractivity (Wildman–Crippen MR) is 81.2 cm³/mol. The largest absolute Gasteiger partial charge is 0.439 e. The first-order valence-electron chi connectivity index (χ1n) is 6.65. The van der Waals surface area contributed by atoms with Crippen LogP contribution in [0.3, 0.4) is 0 Å². The van der Waals surface area contributed by atoms with Crippen molar-refractivity contribution in [2.75, 3.05) is 27.3 Å². The molecule has 1 aromatic heterocycles. The summed E-state index contributed by atoms with van der Waals surface area (Å²) in [4.78, 5) is 6.17. The molecule has 2 rings (SSSR count). The van der Waals surface area contributed by atoms with E-state index in [0.717, 1.165) is 5.56 Å². The molecule has 6 heteroatoms. The Balaban J connectivity index is 1.99. The summed E-state index contributed by atoms with van der Waals surface area (Å²) in [6.07, 6.45) is 1.13. The van der Waals surface area contributed by atoms with Crippen LogP contribution in [-0.4, -0.2) is 48.4 Å². The zero-order valence-corrected chi connectivity index (χ0v) is 12.9. The van der Waals surface area contributed by atoms with Crippen LogP contribution in [0.1, 0.15) is 5.89 Å². The Morgan fingerprint density at radius 3 is 2.90 bits per heavy atom. The molecule has 0 aliphatic carbocycles. The summed E-state index contributed by atoms with van der Waals surface area (Å²) in [6.45, 7) is 1.30. The number of aliphatic hydroxyl groups is 1. The van der Waals surface area contributed by atoms with Gasteiger partial charge < -0.3 is 14.3 Å². The van der Waals surface area contributed by atoms with Crippen molar-refractivity contribution in [3.63, 3.8) is 0 Å². The van der Waals surface area contributed by atoms with Gasteiger partial charge >= 0.3 is 0 Å². The Morgan fingerprint density at radius 2 is 2.19 bits per heavy atom. The van der Waals surface area contributed by atoms with Gasteiger partial charge in [-0.3, -0.25) is 4.90 Å². The molecule has 0 bridgehead atoms. The monoisotopic (exact) mass is 310 g/mol. The van der Waals surface area contributed by atoms with Crippen LogP contribution in [0.25, 0.3) is 11.3 Å². The van der Waals surface area contributed by atoms with E-state index in [-0.39, 0.29) is 0 Å². The number of benzene rings is 1. The van der Waals surface area contributed by atoms with E-state index in [0.29, 0.717) is 36.4 Å². The van der Waals surface area contributed by atoms with E-state index in [1.807, 2.05) is 36.2 Å². The highest BCUT2D eigenvalue weighted by Gasteiger charge is 2.13. The lowest BCUT2D eigenvalue weighted by Gasteiger charge is -2.18. The van der Waals surface area contributed by atoms with Gasteiger partial charge in [0.15, 0.2) is 5.76 Å². The highest BCUT2D eigenvalue weighted by atomic mass is 35.5. The smallest absolute Gasteiger partial charge is 0.209 e. The molecular formula is C15H19ClN2O3. The molecule has 1 heterocycles. The molecule has 114 valence electrons. The van der Waals surface area contributed by atoms with Crippen molar-refractivity contribution < 1.29 is 14.3 Å². The number of oxazole rings is 1. The average molecular weight is 311 g/mol. The lowest BCUT2D eigenvalue weighted by Crippen LogP contribution is -2.31. The zero-order valence-electron chi connectivity index (χ0n) is 12.1. The van der Waals surface area contributed by atoms with E-state index in [4.69, 9.17) is 20.8 Å². The van der Waals surface area contributed by atoms with Crippen LogP contribution in [0.5, 0.6) is 0 Å². The number of nitrogens with zero attached hydrogens (tertiary/aromatic N) is 2. The molecule has 0 amide bonds. The summed E-state index contributed by atoms with van der Waals surface area (Å²) in [5.41, 5.74) is 0.819. The summed E-state index contributed by atoms with van der Waals surface area (Å²) in [5, 5.41) is 10.3. The van der Waals surface area contributed by atoms with Gasteiger partial charge in [0.25, 0.3) is 0 Å². The topological polar surface area (TPSA) is 58.7 Å². The number of hydrogen-bond acceptors (Lipinski definition) is 5. The van der Waals surface area contributed by atoms with Gasteiger partial charge in [-0.05, 0) is 19.2 Å². The van der Waals surface area contributed by atoms with Gasteiger partial charge in [0, 0.05) is 19.2 Å². The molecule has 0 saturated carbocycles. The number of methoxy groups -OCH3 is 1. The third kappa shape index (κ3) is 4.54. The molecule has 1 atom stereocenters. The Hall–Kier alpha value is -1.40. The maximum atomic E-state index is 9.68. The minimum Gasteiger partial charge on any atom is -0.439 e. The van der Waals surface area contributed by atoms with E-state index in [2.05, 4.69) is 4.98 Å². The number of halogens is 1. The number of rotatable bonds is 7. The maximum Gasteiger partial charge on any atom is 0.209 e. The number of hydrogen-bond donors (Lipinski definition) is 1. The van der Waals surface area contributed by atoms with E-state index < -0.39 is 6.10 Å². The lowest BCUT2D eigenvalue weighted by molar-refractivity contribution is 0.0404. The molecule has 0 fully saturated rings. The van der Waals surface area contributed by atoms with Crippen LogP contribution in [-0.2, 0) is 11.3 Å². The third-order valence-electron chi connectivity index (χ3n) is 2.98. The van der Waals surface area contributed by atoms with Crippen LogP contribution in [0.15, 0.2) is 34.9 Å². The quantitative estimate of drug-likeness (QED) is 0.851. The van der Waals surface area contributed by atoms with Gasteiger partial charge in [0.1, 0.15) is 0 Å². The first-order chi connectivity index (χ1) is 10.1. The second kappa shape index (κ2) is 7.56. The summed E-state index contributed by atoms with van der Waals surface area (Å²) < 4.78 is 10.6. The van der Waals surface area contributed by atoms with E-state index in [1.165, 1.54) is 0 Å². The molecule has 1 N–H and O–H groups in total. The summed E-state index contributed by atoms with van der Waals surface area (Å²) >= 11 is 6.13. The van der Waals surface area contributed by atoms with Crippen molar-refractivity contribution >= 4 is 11.6 Å². The van der Waals surface area contributed by atoms with E-state index in [9.17, 15) is 5.11 Å². The number of ether oxygens (including phenoxy) is 1. The second-order valence-electron chi connectivity index (χ2n) is 4.90. The van der Waals surface area contributed by atoms with Crippen LogP contribution in [0.4, 0.5) is 0 Å². The standard InChI is InChI=1S/C15H19ClN2O3/c1-18(8-11(19)10-20-2)9-15-17-7-14(21-15)12-5-3-4-6-13(12)16/h3-7,11,19H,8-10H2,1-2H3. The normalized spacial score (nSPS) is 12.8. The highest BCUT2D eigenvalue weighted by Crippen LogP contribution is 2.28. The van der Waals surface area contributed by atoms with Gasteiger partial charge in [-0.25, -0.2) is 4.98 Å². The molecule has 1 aromatic carbocycles. The lowest BCUT2D eigenvalue weighted by atomic mass is 10.2. The van der Waals surface area contributed by atoms with Crippen molar-refractivity contribution in [3.8, 4) is 11.3 Å². The fourth-order valence-corrected chi connectivity index (χ4v) is 2.30. The van der Waals surface area contributed by atoms with Crippen LogP contribution >= 0.6 is 11.6 Å². The van der Waals surface area contributed by atoms with Crippen LogP contribution in [0.2, 0.25) is 5.02 Å². The number of likely N-dealkylation sites (N-methyl/N-ethyl adjacent to an activating group) is 1. The van der Waals surface area contributed by atoms with Gasteiger partial charge in [0.05, 0.1) is 30.5 Å². The third-order valence-corrected chi connectivity index (χ3v) is 3.31. The van der Waals surface area contributed by atoms with Crippen LogP contribution < -0.4 is 0 Å². The predicted octanol–water partition coefficient (Wildman–Crippen LogP) is 2.43. The fraction of sp³-hybridized carbons (Fsp3) is 0.400. The Labute approximate surface area is 129 Å².